The van der Waals surface area contributed by atoms with E-state index < -0.39 is 6.04 Å². The molecule has 138 valence electrons. The second-order valence-electron chi connectivity index (χ2n) is 6.11. The van der Waals surface area contributed by atoms with Gasteiger partial charge in [-0.25, -0.2) is 0 Å². The highest BCUT2D eigenvalue weighted by Crippen LogP contribution is 2.29. The van der Waals surface area contributed by atoms with E-state index in [1.807, 2.05) is 54.6 Å². The van der Waals surface area contributed by atoms with Crippen LogP contribution >= 0.6 is 11.6 Å². The van der Waals surface area contributed by atoms with Crippen molar-refractivity contribution in [3.63, 3.8) is 0 Å². The monoisotopic (exact) mass is 389 g/mol. The van der Waals surface area contributed by atoms with Gasteiger partial charge in [0.15, 0.2) is 0 Å². The Balaban J connectivity index is 1.71. The number of hydrogen-bond acceptors (Lipinski definition) is 4. The standard InChI is InChI=1S/C22H16ClN3O2/c23-18-14-8-7-13-17(18)19(24-20(27)15-9-3-1-4-10-15)22-26-25-21(28-22)16-11-5-2-6-12-16/h1-14,19H,(H,24,27)/t19-/m1/s1. The third kappa shape index (κ3) is 3.80. The summed E-state index contributed by atoms with van der Waals surface area (Å²) in [6.45, 7) is 0. The lowest BCUT2D eigenvalue weighted by molar-refractivity contribution is 0.0938. The van der Waals surface area contributed by atoms with Gasteiger partial charge in [-0.3, -0.25) is 4.79 Å². The van der Waals surface area contributed by atoms with Crippen LogP contribution in [0.5, 0.6) is 0 Å². The lowest BCUT2D eigenvalue weighted by Gasteiger charge is -2.17. The van der Waals surface area contributed by atoms with E-state index in [-0.39, 0.29) is 11.8 Å². The first-order valence-electron chi connectivity index (χ1n) is 8.71. The number of aromatic nitrogens is 2. The highest BCUT2D eigenvalue weighted by Gasteiger charge is 2.25. The minimum atomic E-state index is -0.675. The van der Waals surface area contributed by atoms with Gasteiger partial charge >= 0.3 is 0 Å². The van der Waals surface area contributed by atoms with Crippen molar-refractivity contribution in [3.05, 3.63) is 107 Å². The van der Waals surface area contributed by atoms with Crippen LogP contribution in [0.2, 0.25) is 5.02 Å². The van der Waals surface area contributed by atoms with Gasteiger partial charge in [-0.1, -0.05) is 66.2 Å². The van der Waals surface area contributed by atoms with E-state index in [0.717, 1.165) is 5.56 Å². The van der Waals surface area contributed by atoms with Crippen molar-refractivity contribution in [2.75, 3.05) is 0 Å². The Morgan fingerprint density at radius 2 is 1.50 bits per heavy atom. The number of benzene rings is 3. The quantitative estimate of drug-likeness (QED) is 0.526. The molecule has 0 spiro atoms. The Bertz CT molecular complexity index is 1080. The molecule has 1 amide bonds. The molecule has 6 heteroatoms. The van der Waals surface area contributed by atoms with Crippen LogP contribution in [-0.2, 0) is 0 Å². The summed E-state index contributed by atoms with van der Waals surface area (Å²) in [7, 11) is 0. The van der Waals surface area contributed by atoms with E-state index in [2.05, 4.69) is 15.5 Å². The first kappa shape index (κ1) is 17.9. The van der Waals surface area contributed by atoms with Gasteiger partial charge in [0.05, 0.1) is 0 Å². The molecule has 0 aliphatic carbocycles. The molecule has 0 radical (unpaired) electrons. The van der Waals surface area contributed by atoms with Crippen LogP contribution < -0.4 is 5.32 Å². The summed E-state index contributed by atoms with van der Waals surface area (Å²) in [6.07, 6.45) is 0. The zero-order valence-electron chi connectivity index (χ0n) is 14.7. The van der Waals surface area contributed by atoms with Crippen LogP contribution in [0.4, 0.5) is 0 Å². The largest absolute Gasteiger partial charge is 0.418 e. The van der Waals surface area contributed by atoms with Crippen LogP contribution in [0.3, 0.4) is 0 Å². The first-order chi connectivity index (χ1) is 13.7. The van der Waals surface area contributed by atoms with Crippen molar-refractivity contribution in [2.45, 2.75) is 6.04 Å². The number of carbonyl (C=O) groups excluding carboxylic acids is 1. The van der Waals surface area contributed by atoms with Crippen molar-refractivity contribution in [2.24, 2.45) is 0 Å². The van der Waals surface area contributed by atoms with Crippen LogP contribution in [0, 0.1) is 0 Å². The fourth-order valence-electron chi connectivity index (χ4n) is 2.83. The summed E-state index contributed by atoms with van der Waals surface area (Å²) in [5.41, 5.74) is 2.01. The molecular formula is C22H16ClN3O2. The summed E-state index contributed by atoms with van der Waals surface area (Å²) < 4.78 is 5.88. The molecule has 4 rings (SSSR count). The Kier molecular flexibility index (Phi) is 5.17. The van der Waals surface area contributed by atoms with Gasteiger partial charge in [0.2, 0.25) is 11.8 Å². The van der Waals surface area contributed by atoms with Crippen LogP contribution in [0.25, 0.3) is 11.5 Å². The average molecular weight is 390 g/mol. The molecule has 1 aromatic heterocycles. The predicted octanol–water partition coefficient (Wildman–Crippen LogP) is 4.91. The van der Waals surface area contributed by atoms with E-state index in [9.17, 15) is 4.79 Å². The highest BCUT2D eigenvalue weighted by atomic mass is 35.5. The molecule has 1 N–H and O–H groups in total. The maximum Gasteiger partial charge on any atom is 0.252 e. The summed E-state index contributed by atoms with van der Waals surface area (Å²) >= 11 is 6.38. The molecule has 1 atom stereocenters. The minimum Gasteiger partial charge on any atom is -0.418 e. The van der Waals surface area contributed by atoms with E-state index in [1.54, 1.807) is 30.3 Å². The third-order valence-electron chi connectivity index (χ3n) is 4.24. The molecule has 0 aliphatic rings. The normalized spacial score (nSPS) is 11.8. The Morgan fingerprint density at radius 3 is 2.21 bits per heavy atom. The van der Waals surface area contributed by atoms with Crippen molar-refractivity contribution in [1.29, 1.82) is 0 Å². The molecule has 0 saturated carbocycles. The number of halogens is 1. The molecule has 5 nitrogen and oxygen atoms in total. The Labute approximate surface area is 167 Å². The van der Waals surface area contributed by atoms with E-state index in [0.29, 0.717) is 22.0 Å². The van der Waals surface area contributed by atoms with Gasteiger partial charge in [-0.15, -0.1) is 10.2 Å². The van der Waals surface area contributed by atoms with Crippen molar-refractivity contribution in [3.8, 4) is 11.5 Å². The zero-order chi connectivity index (χ0) is 19.3. The van der Waals surface area contributed by atoms with Crippen LogP contribution in [-0.4, -0.2) is 16.1 Å². The molecule has 3 aromatic carbocycles. The summed E-state index contributed by atoms with van der Waals surface area (Å²) in [5, 5.41) is 11.8. The third-order valence-corrected chi connectivity index (χ3v) is 4.58. The number of nitrogens with one attached hydrogen (secondary N) is 1. The Morgan fingerprint density at radius 1 is 0.857 bits per heavy atom. The lowest BCUT2D eigenvalue weighted by Crippen LogP contribution is -2.29. The summed E-state index contributed by atoms with van der Waals surface area (Å²) in [5.74, 6) is 0.378. The fraction of sp³-hybridized carbons (Fsp3) is 0.0455. The SMILES string of the molecule is O=C(N[C@@H](c1nnc(-c2ccccc2)o1)c1ccccc1Cl)c1ccccc1. The number of amides is 1. The van der Waals surface area contributed by atoms with Crippen molar-refractivity contribution >= 4 is 17.5 Å². The average Bonchev–Trinajstić information content (AvgIpc) is 3.24. The zero-order valence-corrected chi connectivity index (χ0v) is 15.5. The maximum absolute atomic E-state index is 12.7. The van der Waals surface area contributed by atoms with Gasteiger partial charge in [-0.2, -0.15) is 0 Å². The van der Waals surface area contributed by atoms with Crippen LogP contribution in [0.15, 0.2) is 89.3 Å². The van der Waals surface area contributed by atoms with Gasteiger partial charge in [0.1, 0.15) is 6.04 Å². The van der Waals surface area contributed by atoms with E-state index in [4.69, 9.17) is 16.0 Å². The van der Waals surface area contributed by atoms with Gasteiger partial charge in [0.25, 0.3) is 5.91 Å². The molecular weight excluding hydrogens is 374 g/mol. The maximum atomic E-state index is 12.7. The van der Waals surface area contributed by atoms with E-state index >= 15 is 0 Å². The molecule has 0 fully saturated rings. The van der Waals surface area contributed by atoms with E-state index in [1.165, 1.54) is 0 Å². The molecule has 0 aliphatic heterocycles. The van der Waals surface area contributed by atoms with Crippen LogP contribution in [0.1, 0.15) is 27.9 Å². The topological polar surface area (TPSA) is 68.0 Å². The second-order valence-corrected chi connectivity index (χ2v) is 6.51. The molecule has 0 saturated heterocycles. The Hall–Kier alpha value is -3.44. The number of hydrogen-bond donors (Lipinski definition) is 1. The van der Waals surface area contributed by atoms with Crippen molar-refractivity contribution < 1.29 is 9.21 Å². The van der Waals surface area contributed by atoms with Gasteiger partial charge in [-0.05, 0) is 30.3 Å². The minimum absolute atomic E-state index is 0.259. The number of nitrogens with zero attached hydrogens (tertiary/aromatic N) is 2. The molecule has 28 heavy (non-hydrogen) atoms. The number of rotatable bonds is 5. The fourth-order valence-corrected chi connectivity index (χ4v) is 3.08. The lowest BCUT2D eigenvalue weighted by atomic mass is 10.1. The molecule has 0 bridgehead atoms. The van der Waals surface area contributed by atoms with Crippen molar-refractivity contribution in [1.82, 2.24) is 15.5 Å². The highest BCUT2D eigenvalue weighted by molar-refractivity contribution is 6.31. The smallest absolute Gasteiger partial charge is 0.252 e. The molecule has 4 aromatic rings. The predicted molar refractivity (Wildman–Crippen MR) is 107 cm³/mol. The van der Waals surface area contributed by atoms with Gasteiger partial charge in [0, 0.05) is 21.7 Å². The molecule has 1 heterocycles. The summed E-state index contributed by atoms with van der Waals surface area (Å²) in [6, 6.07) is 25.0. The first-order valence-corrected chi connectivity index (χ1v) is 9.09. The number of carbonyl (C=O) groups is 1. The molecule has 0 unspecified atom stereocenters. The second kappa shape index (κ2) is 8.06. The summed E-state index contributed by atoms with van der Waals surface area (Å²) in [4.78, 5) is 12.7. The van der Waals surface area contributed by atoms with Gasteiger partial charge < -0.3 is 9.73 Å².